The van der Waals surface area contributed by atoms with E-state index in [1.165, 1.54) is 12.8 Å². The maximum absolute atomic E-state index is 11.9. The van der Waals surface area contributed by atoms with Gasteiger partial charge >= 0.3 is 0 Å². The largest absolute Gasteiger partial charge is 0.348 e. The summed E-state index contributed by atoms with van der Waals surface area (Å²) in [5.74, 6) is 0.585. The van der Waals surface area contributed by atoms with Gasteiger partial charge in [-0.3, -0.25) is 4.79 Å². The van der Waals surface area contributed by atoms with Crippen molar-refractivity contribution in [2.24, 2.45) is 11.7 Å². The van der Waals surface area contributed by atoms with Gasteiger partial charge in [-0.05, 0) is 37.8 Å². The van der Waals surface area contributed by atoms with Crippen molar-refractivity contribution in [3.8, 4) is 0 Å². The summed E-state index contributed by atoms with van der Waals surface area (Å²) in [5, 5.41) is 3.00. The van der Waals surface area contributed by atoms with Gasteiger partial charge in [0.1, 0.15) is 0 Å². The fourth-order valence-electron chi connectivity index (χ4n) is 1.82. The van der Waals surface area contributed by atoms with Gasteiger partial charge in [0.15, 0.2) is 0 Å². The van der Waals surface area contributed by atoms with Gasteiger partial charge in [-0.1, -0.05) is 17.7 Å². The van der Waals surface area contributed by atoms with Crippen molar-refractivity contribution < 1.29 is 4.79 Å². The van der Waals surface area contributed by atoms with Crippen LogP contribution in [0.2, 0.25) is 0 Å². The molecule has 1 aromatic rings. The van der Waals surface area contributed by atoms with E-state index in [2.05, 4.69) is 5.32 Å². The van der Waals surface area contributed by atoms with E-state index < -0.39 is 0 Å². The summed E-state index contributed by atoms with van der Waals surface area (Å²) in [6.07, 6.45) is 2.38. The predicted octanol–water partition coefficient (Wildman–Crippen LogP) is 1.46. The number of rotatable bonds is 4. The number of hydrogen-bond donors (Lipinski definition) is 2. The Morgan fingerprint density at radius 3 is 2.56 bits per heavy atom. The minimum atomic E-state index is -0.0117. The molecule has 3 nitrogen and oxygen atoms in total. The van der Waals surface area contributed by atoms with Crippen LogP contribution in [0.15, 0.2) is 24.3 Å². The number of benzene rings is 1. The number of hydrogen-bond acceptors (Lipinski definition) is 2. The van der Waals surface area contributed by atoms with Crippen molar-refractivity contribution in [2.75, 3.05) is 6.54 Å². The van der Waals surface area contributed by atoms with Crippen LogP contribution in [-0.2, 0) is 0 Å². The van der Waals surface area contributed by atoms with Crippen molar-refractivity contribution in [3.63, 3.8) is 0 Å². The lowest BCUT2D eigenvalue weighted by Gasteiger charge is -2.15. The van der Waals surface area contributed by atoms with Crippen LogP contribution in [0.1, 0.15) is 28.8 Å². The number of nitrogens with one attached hydrogen (secondary N) is 1. The Morgan fingerprint density at radius 2 is 2.06 bits per heavy atom. The summed E-state index contributed by atoms with van der Waals surface area (Å²) < 4.78 is 0. The van der Waals surface area contributed by atoms with E-state index in [4.69, 9.17) is 5.73 Å². The Kier molecular flexibility index (Phi) is 3.25. The SMILES string of the molecule is Cc1ccc(C(=O)NC(CN)C2CC2)cc1. The fourth-order valence-corrected chi connectivity index (χ4v) is 1.82. The quantitative estimate of drug-likeness (QED) is 0.804. The Bertz CT molecular complexity index is 368. The van der Waals surface area contributed by atoms with Crippen LogP contribution in [0, 0.1) is 12.8 Å². The highest BCUT2D eigenvalue weighted by Gasteiger charge is 2.31. The molecule has 1 amide bonds. The smallest absolute Gasteiger partial charge is 0.251 e. The molecule has 16 heavy (non-hydrogen) atoms. The highest BCUT2D eigenvalue weighted by Crippen LogP contribution is 2.32. The van der Waals surface area contributed by atoms with Gasteiger partial charge < -0.3 is 11.1 Å². The van der Waals surface area contributed by atoms with Crippen molar-refractivity contribution >= 4 is 5.91 Å². The highest BCUT2D eigenvalue weighted by atomic mass is 16.1. The lowest BCUT2D eigenvalue weighted by atomic mass is 10.1. The lowest BCUT2D eigenvalue weighted by Crippen LogP contribution is -2.41. The van der Waals surface area contributed by atoms with Crippen LogP contribution >= 0.6 is 0 Å². The first kappa shape index (κ1) is 11.1. The first-order valence-corrected chi connectivity index (χ1v) is 5.78. The molecule has 0 bridgehead atoms. The summed E-state index contributed by atoms with van der Waals surface area (Å²) in [7, 11) is 0. The third-order valence-corrected chi connectivity index (χ3v) is 3.08. The molecule has 0 heterocycles. The second-order valence-corrected chi connectivity index (χ2v) is 4.52. The molecule has 0 radical (unpaired) electrons. The molecule has 2 rings (SSSR count). The Morgan fingerprint density at radius 1 is 1.44 bits per heavy atom. The van der Waals surface area contributed by atoms with Gasteiger partial charge in [0.05, 0.1) is 0 Å². The van der Waals surface area contributed by atoms with Crippen LogP contribution in [0.3, 0.4) is 0 Å². The second-order valence-electron chi connectivity index (χ2n) is 4.52. The van der Waals surface area contributed by atoms with Gasteiger partial charge in [-0.25, -0.2) is 0 Å². The first-order chi connectivity index (χ1) is 7.70. The van der Waals surface area contributed by atoms with Gasteiger partial charge in [0.25, 0.3) is 5.91 Å². The summed E-state index contributed by atoms with van der Waals surface area (Å²) >= 11 is 0. The summed E-state index contributed by atoms with van der Waals surface area (Å²) in [6, 6.07) is 7.75. The molecule has 1 aromatic carbocycles. The third kappa shape index (κ3) is 2.61. The van der Waals surface area contributed by atoms with Crippen molar-refractivity contribution in [1.82, 2.24) is 5.32 Å². The summed E-state index contributed by atoms with van der Waals surface area (Å²) in [6.45, 7) is 2.54. The van der Waals surface area contributed by atoms with Crippen LogP contribution in [0.5, 0.6) is 0 Å². The number of aryl methyl sites for hydroxylation is 1. The average molecular weight is 218 g/mol. The first-order valence-electron chi connectivity index (χ1n) is 5.78. The van der Waals surface area contributed by atoms with E-state index in [1.807, 2.05) is 31.2 Å². The molecule has 0 aliphatic heterocycles. The Labute approximate surface area is 96.0 Å². The fraction of sp³-hybridized carbons (Fsp3) is 0.462. The normalized spacial score (nSPS) is 16.9. The minimum absolute atomic E-state index is 0.0117. The molecule has 1 atom stereocenters. The molecule has 1 aliphatic carbocycles. The van der Waals surface area contributed by atoms with Crippen molar-refractivity contribution in [3.05, 3.63) is 35.4 Å². The lowest BCUT2D eigenvalue weighted by molar-refractivity contribution is 0.0933. The number of nitrogens with two attached hydrogens (primary N) is 1. The van der Waals surface area contributed by atoms with Crippen LogP contribution in [0.25, 0.3) is 0 Å². The number of amides is 1. The molecule has 0 aromatic heterocycles. The van der Waals surface area contributed by atoms with Crippen molar-refractivity contribution in [2.45, 2.75) is 25.8 Å². The number of carbonyl (C=O) groups is 1. The van der Waals surface area contributed by atoms with Crippen LogP contribution < -0.4 is 11.1 Å². The molecular formula is C13H18N2O. The molecule has 1 fully saturated rings. The van der Waals surface area contributed by atoms with E-state index >= 15 is 0 Å². The van der Waals surface area contributed by atoms with Gasteiger partial charge in [0.2, 0.25) is 0 Å². The highest BCUT2D eigenvalue weighted by molar-refractivity contribution is 5.94. The van der Waals surface area contributed by atoms with Gasteiger partial charge in [0, 0.05) is 18.2 Å². The maximum atomic E-state index is 11.9. The van der Waals surface area contributed by atoms with Crippen molar-refractivity contribution in [1.29, 1.82) is 0 Å². The molecule has 3 heteroatoms. The monoisotopic (exact) mass is 218 g/mol. The van der Waals surface area contributed by atoms with Crippen LogP contribution in [0.4, 0.5) is 0 Å². The van der Waals surface area contributed by atoms with E-state index in [0.717, 1.165) is 5.56 Å². The zero-order valence-electron chi connectivity index (χ0n) is 9.57. The maximum Gasteiger partial charge on any atom is 0.251 e. The molecular weight excluding hydrogens is 200 g/mol. The number of carbonyl (C=O) groups excluding carboxylic acids is 1. The van der Waals surface area contributed by atoms with Gasteiger partial charge in [-0.15, -0.1) is 0 Å². The molecule has 0 spiro atoms. The summed E-state index contributed by atoms with van der Waals surface area (Å²) in [4.78, 5) is 11.9. The predicted molar refractivity (Wildman–Crippen MR) is 64.2 cm³/mol. The van der Waals surface area contributed by atoms with E-state index in [1.54, 1.807) is 0 Å². The molecule has 0 saturated heterocycles. The third-order valence-electron chi connectivity index (χ3n) is 3.08. The second kappa shape index (κ2) is 4.66. The molecule has 1 unspecified atom stereocenters. The van der Waals surface area contributed by atoms with Crippen LogP contribution in [-0.4, -0.2) is 18.5 Å². The standard InChI is InChI=1S/C13H18N2O/c1-9-2-4-11(5-3-9)13(16)15-12(8-14)10-6-7-10/h2-5,10,12H,6-8,14H2,1H3,(H,15,16). The van der Waals surface area contributed by atoms with E-state index in [9.17, 15) is 4.79 Å². The summed E-state index contributed by atoms with van der Waals surface area (Å²) in [5.41, 5.74) is 7.52. The molecule has 86 valence electrons. The van der Waals surface area contributed by atoms with E-state index in [-0.39, 0.29) is 11.9 Å². The molecule has 3 N–H and O–H groups in total. The molecule has 1 aliphatic rings. The minimum Gasteiger partial charge on any atom is -0.348 e. The zero-order valence-corrected chi connectivity index (χ0v) is 9.57. The average Bonchev–Trinajstić information content (AvgIpc) is 3.10. The Hall–Kier alpha value is -1.35. The topological polar surface area (TPSA) is 55.1 Å². The Balaban J connectivity index is 1.98. The molecule has 1 saturated carbocycles. The van der Waals surface area contributed by atoms with E-state index in [0.29, 0.717) is 18.0 Å². The van der Waals surface area contributed by atoms with Gasteiger partial charge in [-0.2, -0.15) is 0 Å². The zero-order chi connectivity index (χ0) is 11.5.